The van der Waals surface area contributed by atoms with E-state index in [4.69, 9.17) is 11.6 Å². The Labute approximate surface area is 187 Å². The zero-order chi connectivity index (χ0) is 20.8. The van der Waals surface area contributed by atoms with Crippen molar-refractivity contribution in [3.8, 4) is 10.6 Å². The summed E-state index contributed by atoms with van der Waals surface area (Å²) in [6.07, 6.45) is 1.22. The molecule has 30 heavy (non-hydrogen) atoms. The first-order chi connectivity index (χ1) is 13.7. The average molecular weight is 472 g/mol. The lowest BCUT2D eigenvalue weighted by atomic mass is 10.1. The van der Waals surface area contributed by atoms with Gasteiger partial charge in [-0.15, -0.1) is 11.3 Å². The molecular weight excluding hydrogens is 453 g/mol. The van der Waals surface area contributed by atoms with E-state index in [9.17, 15) is 19.6 Å². The van der Waals surface area contributed by atoms with Gasteiger partial charge >= 0.3 is 11.1 Å². The summed E-state index contributed by atoms with van der Waals surface area (Å²) in [7, 11) is 0. The van der Waals surface area contributed by atoms with Gasteiger partial charge in [-0.1, -0.05) is 0 Å². The number of aromatic nitrogens is 3. The number of thiazole rings is 1. The molecule has 0 fully saturated rings. The molecule has 0 saturated heterocycles. The molecule has 4 rings (SSSR count). The van der Waals surface area contributed by atoms with E-state index in [0.717, 1.165) is 21.1 Å². The first-order valence-electron chi connectivity index (χ1n) is 8.76. The van der Waals surface area contributed by atoms with Crippen LogP contribution in [0.25, 0.3) is 10.6 Å². The normalized spacial score (nSPS) is 15.5. The number of fused-ring (bicyclic) bond motifs is 1. The third kappa shape index (κ3) is 4.81. The molecule has 0 radical (unpaired) electrons. The van der Waals surface area contributed by atoms with Crippen LogP contribution < -0.4 is 0 Å². The Morgan fingerprint density at radius 3 is 2.60 bits per heavy atom. The number of nitrogens with zero attached hydrogens (tertiary/aromatic N) is 5. The van der Waals surface area contributed by atoms with Gasteiger partial charge in [-0.3, -0.25) is 9.47 Å². The lowest BCUT2D eigenvalue weighted by Crippen LogP contribution is -2.41. The summed E-state index contributed by atoms with van der Waals surface area (Å²) in [5, 5.41) is 22.4. The summed E-state index contributed by atoms with van der Waals surface area (Å²) >= 11 is 7.50. The molecule has 3 heterocycles. The Hall–Kier alpha value is -2.05. The number of hydrogen-bond acceptors (Lipinski definition) is 7. The van der Waals surface area contributed by atoms with Gasteiger partial charge in [0.1, 0.15) is 17.0 Å². The maximum Gasteiger partial charge on any atom is 0.383 e. The molecule has 0 saturated carbocycles. The van der Waals surface area contributed by atoms with Crippen molar-refractivity contribution < 1.29 is 14.4 Å². The van der Waals surface area contributed by atoms with Crippen molar-refractivity contribution in [2.24, 2.45) is 0 Å². The van der Waals surface area contributed by atoms with Gasteiger partial charge in [0, 0.05) is 30.1 Å². The monoisotopic (exact) mass is 471 g/mol. The van der Waals surface area contributed by atoms with E-state index < -0.39 is 10.5 Å². The van der Waals surface area contributed by atoms with Crippen LogP contribution in [0, 0.1) is 15.9 Å². The van der Waals surface area contributed by atoms with Crippen LogP contribution in [0.15, 0.2) is 30.5 Å². The minimum Gasteiger partial charge on any atom is -0.387 e. The highest BCUT2D eigenvalue weighted by molar-refractivity contribution is 7.59. The summed E-state index contributed by atoms with van der Waals surface area (Å²) in [5.41, 5.74) is 0.647. The van der Waals surface area contributed by atoms with E-state index in [2.05, 4.69) is 14.9 Å². The van der Waals surface area contributed by atoms with Crippen molar-refractivity contribution in [3.05, 3.63) is 62.2 Å². The smallest absolute Gasteiger partial charge is 0.383 e. The van der Waals surface area contributed by atoms with Gasteiger partial charge in [0.05, 0.1) is 17.8 Å². The molecule has 1 aliphatic heterocycles. The van der Waals surface area contributed by atoms with Gasteiger partial charge in [-0.25, -0.2) is 9.37 Å². The van der Waals surface area contributed by atoms with E-state index in [0.29, 0.717) is 19.6 Å². The highest BCUT2D eigenvalue weighted by atomic mass is 35.5. The second-order valence-electron chi connectivity index (χ2n) is 7.29. The zero-order valence-electron chi connectivity index (χ0n) is 15.9. The molecule has 12 heteroatoms. The molecule has 0 unspecified atom stereocenters. The molecule has 3 aromatic rings. The Balaban J connectivity index is 0.00000256. The van der Waals surface area contributed by atoms with Gasteiger partial charge in [-0.2, -0.15) is 13.5 Å². The van der Waals surface area contributed by atoms with Crippen molar-refractivity contribution in [2.75, 3.05) is 6.54 Å². The second kappa shape index (κ2) is 8.60. The number of nitro groups is 1. The number of β-amino-alcohol motifs (C(OH)–C–C–N with tert-alkyl or cyclic N) is 1. The average Bonchev–Trinajstić information content (AvgIpc) is 3.28. The zero-order valence-corrected chi connectivity index (χ0v) is 18.5. The third-order valence-corrected chi connectivity index (χ3v) is 6.02. The van der Waals surface area contributed by atoms with Crippen LogP contribution in [0.5, 0.6) is 0 Å². The maximum absolute atomic E-state index is 13.1. The highest BCUT2D eigenvalue weighted by Gasteiger charge is 2.32. The number of rotatable bonds is 6. The lowest BCUT2D eigenvalue weighted by molar-refractivity contribution is -0.389. The lowest BCUT2D eigenvalue weighted by Gasteiger charge is -2.28. The topological polar surface area (TPSA) is 97.3 Å². The van der Waals surface area contributed by atoms with Crippen LogP contribution in [0.2, 0.25) is 5.28 Å². The van der Waals surface area contributed by atoms with Crippen molar-refractivity contribution in [1.29, 1.82) is 0 Å². The van der Waals surface area contributed by atoms with Gasteiger partial charge < -0.3 is 15.2 Å². The predicted octanol–water partition coefficient (Wildman–Crippen LogP) is 3.59. The summed E-state index contributed by atoms with van der Waals surface area (Å²) < 4.78 is 14.5. The van der Waals surface area contributed by atoms with Crippen molar-refractivity contribution in [1.82, 2.24) is 19.4 Å². The van der Waals surface area contributed by atoms with Crippen molar-refractivity contribution in [3.63, 3.8) is 0 Å². The first-order valence-corrected chi connectivity index (χ1v) is 9.96. The Morgan fingerprint density at radius 2 is 2.00 bits per heavy atom. The van der Waals surface area contributed by atoms with Crippen LogP contribution in [-0.4, -0.2) is 41.6 Å². The summed E-state index contributed by atoms with van der Waals surface area (Å²) in [5.74, 6) is -0.638. The van der Waals surface area contributed by atoms with E-state index in [1.54, 1.807) is 30.4 Å². The molecule has 0 aliphatic carbocycles. The minimum absolute atomic E-state index is 0. The molecule has 1 atom stereocenters. The molecule has 1 N–H and O–H groups in total. The van der Waals surface area contributed by atoms with Crippen molar-refractivity contribution >= 4 is 42.3 Å². The number of aliphatic hydroxyl groups is 1. The van der Waals surface area contributed by atoms with Crippen molar-refractivity contribution in [2.45, 2.75) is 32.2 Å². The Bertz CT molecular complexity index is 1050. The van der Waals surface area contributed by atoms with E-state index in [-0.39, 0.29) is 37.0 Å². The highest BCUT2D eigenvalue weighted by Crippen LogP contribution is 2.34. The second-order valence-corrected chi connectivity index (χ2v) is 8.71. The molecule has 0 bridgehead atoms. The van der Waals surface area contributed by atoms with Crippen LogP contribution in [0.4, 0.5) is 10.2 Å². The number of hydrogen-bond donors (Lipinski definition) is 1. The van der Waals surface area contributed by atoms with Gasteiger partial charge in [0.25, 0.3) is 0 Å². The fraction of sp³-hybridized carbons (Fsp3) is 0.333. The molecule has 160 valence electrons. The number of benzene rings is 1. The molecule has 8 nitrogen and oxygen atoms in total. The van der Waals surface area contributed by atoms with Crippen LogP contribution >= 0.6 is 36.4 Å². The van der Waals surface area contributed by atoms with Gasteiger partial charge in [-0.05, 0) is 52.7 Å². The van der Waals surface area contributed by atoms with Crippen LogP contribution in [-0.2, 0) is 19.6 Å². The quantitative estimate of drug-likeness (QED) is 0.436. The number of halogens is 2. The molecule has 0 spiro atoms. The van der Waals surface area contributed by atoms with E-state index in [1.807, 2.05) is 0 Å². The fourth-order valence-electron chi connectivity index (χ4n) is 3.41. The fourth-order valence-corrected chi connectivity index (χ4v) is 4.72. The van der Waals surface area contributed by atoms with Gasteiger partial charge in [0.2, 0.25) is 0 Å². The predicted molar refractivity (Wildman–Crippen MR) is 117 cm³/mol. The largest absolute Gasteiger partial charge is 0.387 e. The molecule has 2 aromatic heterocycles. The number of imidazole rings is 1. The Kier molecular flexibility index (Phi) is 6.48. The Morgan fingerprint density at radius 1 is 1.30 bits per heavy atom. The molecular formula is C18H19ClFN5O3S2. The van der Waals surface area contributed by atoms with Crippen LogP contribution in [0.1, 0.15) is 17.5 Å². The van der Waals surface area contributed by atoms with E-state index in [1.165, 1.54) is 22.9 Å². The van der Waals surface area contributed by atoms with Crippen LogP contribution in [0.3, 0.4) is 0 Å². The third-order valence-electron chi connectivity index (χ3n) is 4.59. The summed E-state index contributed by atoms with van der Waals surface area (Å²) in [6.45, 7) is 3.29. The molecule has 1 aliphatic rings. The maximum atomic E-state index is 13.1. The minimum atomic E-state index is -1.17. The summed E-state index contributed by atoms with van der Waals surface area (Å²) in [4.78, 5) is 21.7. The molecule has 0 amide bonds. The standard InChI is InChI=1S/C18H17ClFN5O3S.H2S/c1-18(26,10-24-8-15(25(27)28)22-17(24)19)9-23-6-13-14(7-23)29-16(21-13)11-2-4-12(20)5-3-11;/h2-5,8,26H,6-7,9-10H2,1H3;1H2/t18-;/m0./s1. The molecule has 1 aromatic carbocycles. The van der Waals surface area contributed by atoms with E-state index >= 15 is 0 Å². The van der Waals surface area contributed by atoms with Gasteiger partial charge in [0.15, 0.2) is 0 Å². The summed E-state index contributed by atoms with van der Waals surface area (Å²) in [6, 6.07) is 6.24. The first kappa shape index (κ1) is 22.6. The SMILES string of the molecule is C[C@](O)(CN1Cc2nc(-c3ccc(F)cc3)sc2C1)Cn1cc([N+](=O)[O-])nc1Cl.S.